The van der Waals surface area contributed by atoms with Gasteiger partial charge in [-0.1, -0.05) is 0 Å². The quantitative estimate of drug-likeness (QED) is 0.592. The molecule has 2 rings (SSSR count). The summed E-state index contributed by atoms with van der Waals surface area (Å²) in [5.41, 5.74) is -1.38. The van der Waals surface area contributed by atoms with Crippen LogP contribution in [0.2, 0.25) is 0 Å². The van der Waals surface area contributed by atoms with Crippen molar-refractivity contribution >= 4 is 0 Å². The highest BCUT2D eigenvalue weighted by Gasteiger charge is 2.45. The average molecular weight is 276 g/mol. The fourth-order valence-corrected chi connectivity index (χ4v) is 1.97. The van der Waals surface area contributed by atoms with Crippen molar-refractivity contribution in [3.05, 3.63) is 33.1 Å². The van der Waals surface area contributed by atoms with Crippen molar-refractivity contribution in [2.24, 2.45) is 0 Å². The summed E-state index contributed by atoms with van der Waals surface area (Å²) in [6, 6.07) is 1.08. The second-order valence-electron chi connectivity index (χ2n) is 4.00. The van der Waals surface area contributed by atoms with Crippen molar-refractivity contribution in [2.45, 2.75) is 24.5 Å². The summed E-state index contributed by atoms with van der Waals surface area (Å²) >= 11 is 0. The number of ether oxygens (including phenoxy) is 2. The van der Waals surface area contributed by atoms with Gasteiger partial charge in [0.15, 0.2) is 13.1 Å². The number of halogens is 1. The molecule has 9 heteroatoms. The average Bonchev–Trinajstić information content (AvgIpc) is 2.68. The van der Waals surface area contributed by atoms with Crippen molar-refractivity contribution in [2.75, 3.05) is 13.5 Å². The number of hydrogen-bond donors (Lipinski definition) is 3. The van der Waals surface area contributed by atoms with Gasteiger partial charge in [0.1, 0.15) is 18.3 Å². The van der Waals surface area contributed by atoms with Crippen LogP contribution in [0.15, 0.2) is 21.9 Å². The summed E-state index contributed by atoms with van der Waals surface area (Å²) in [6.07, 6.45) is -3.43. The van der Waals surface area contributed by atoms with E-state index in [1.165, 1.54) is 0 Å². The molecule has 1 aliphatic heterocycles. The Morgan fingerprint density at radius 3 is 2.84 bits per heavy atom. The van der Waals surface area contributed by atoms with Crippen LogP contribution >= 0.6 is 0 Å². The minimum Gasteiger partial charge on any atom is -0.394 e. The summed E-state index contributed by atoms with van der Waals surface area (Å²) in [6.45, 7) is -1.69. The maximum atomic E-state index is 12.3. The fraction of sp³-hybridized carbons (Fsp3) is 0.600. The van der Waals surface area contributed by atoms with E-state index in [-0.39, 0.29) is 0 Å². The maximum absolute atomic E-state index is 12.3. The van der Waals surface area contributed by atoms with E-state index in [0.717, 1.165) is 16.8 Å². The molecule has 0 bridgehead atoms. The van der Waals surface area contributed by atoms with Gasteiger partial charge in [0.05, 0.1) is 6.61 Å². The number of aliphatic hydroxyl groups excluding tert-OH is 2. The predicted molar refractivity (Wildman–Crippen MR) is 59.2 cm³/mol. The van der Waals surface area contributed by atoms with E-state index in [4.69, 9.17) is 14.6 Å². The molecule has 4 atom stereocenters. The van der Waals surface area contributed by atoms with Crippen LogP contribution in [-0.4, -0.2) is 51.5 Å². The van der Waals surface area contributed by atoms with E-state index < -0.39 is 49.3 Å². The second-order valence-corrected chi connectivity index (χ2v) is 4.00. The van der Waals surface area contributed by atoms with Gasteiger partial charge in [0.2, 0.25) is 0 Å². The van der Waals surface area contributed by atoms with Crippen LogP contribution in [0.4, 0.5) is 4.39 Å². The number of rotatable bonds is 4. The Balaban J connectivity index is 2.36. The molecular formula is C10H13FN2O6. The topological polar surface area (TPSA) is 114 Å². The predicted octanol–water partition coefficient (Wildman–Crippen LogP) is -1.90. The van der Waals surface area contributed by atoms with Crippen molar-refractivity contribution in [3.8, 4) is 0 Å². The number of alkyl halides is 1. The van der Waals surface area contributed by atoms with Crippen LogP contribution in [0.1, 0.15) is 6.23 Å². The molecule has 0 saturated carbocycles. The Labute approximate surface area is 106 Å². The van der Waals surface area contributed by atoms with Crippen molar-refractivity contribution in [1.82, 2.24) is 9.55 Å². The molecule has 3 N–H and O–H groups in total. The van der Waals surface area contributed by atoms with Crippen LogP contribution in [-0.2, 0) is 9.47 Å². The normalized spacial score (nSPS) is 30.7. The molecule has 0 spiro atoms. The third-order valence-electron chi connectivity index (χ3n) is 2.87. The Morgan fingerprint density at radius 2 is 2.26 bits per heavy atom. The largest absolute Gasteiger partial charge is 0.394 e. The lowest BCUT2D eigenvalue weighted by molar-refractivity contribution is -0.0959. The van der Waals surface area contributed by atoms with Gasteiger partial charge in [-0.2, -0.15) is 0 Å². The summed E-state index contributed by atoms with van der Waals surface area (Å²) in [5.74, 6) is 0. The zero-order chi connectivity index (χ0) is 14.0. The zero-order valence-electron chi connectivity index (χ0n) is 9.73. The van der Waals surface area contributed by atoms with Crippen LogP contribution in [0.3, 0.4) is 0 Å². The highest BCUT2D eigenvalue weighted by Crippen LogP contribution is 2.30. The Morgan fingerprint density at radius 1 is 1.53 bits per heavy atom. The standard InChI is InChI=1S/C10H13FN2O6/c11-4-18-8-7(16)5(3-14)19-9(8)13-2-1-6(15)12-10(13)17/h1-2,5,7-9,14,16H,3-4H2,(H,12,15,17)/t5-,7+,8-,9-/m1/s1. The first kappa shape index (κ1) is 13.9. The summed E-state index contributed by atoms with van der Waals surface area (Å²) in [4.78, 5) is 24.6. The number of aromatic nitrogens is 2. The molecule has 8 nitrogen and oxygen atoms in total. The minimum atomic E-state index is -1.29. The molecule has 1 saturated heterocycles. The second kappa shape index (κ2) is 5.61. The van der Waals surface area contributed by atoms with Crippen LogP contribution in [0.25, 0.3) is 0 Å². The SMILES string of the molecule is O=c1ccn([C@@H]2O[C@H](CO)[C@H](O)[C@H]2OCF)c(=O)[nH]1. The van der Waals surface area contributed by atoms with Gasteiger partial charge in [-0.15, -0.1) is 0 Å². The molecular weight excluding hydrogens is 263 g/mol. The summed E-state index contributed by atoms with van der Waals surface area (Å²) < 4.78 is 23.2. The van der Waals surface area contributed by atoms with E-state index in [9.17, 15) is 19.1 Å². The van der Waals surface area contributed by atoms with Gasteiger partial charge in [0, 0.05) is 12.3 Å². The molecule has 0 radical (unpaired) electrons. The van der Waals surface area contributed by atoms with E-state index in [0.29, 0.717) is 0 Å². The van der Waals surface area contributed by atoms with Crippen molar-refractivity contribution in [1.29, 1.82) is 0 Å². The van der Waals surface area contributed by atoms with Crippen LogP contribution in [0, 0.1) is 0 Å². The molecule has 19 heavy (non-hydrogen) atoms. The minimum absolute atomic E-state index is 0.512. The zero-order valence-corrected chi connectivity index (χ0v) is 9.73. The highest BCUT2D eigenvalue weighted by molar-refractivity contribution is 4.93. The lowest BCUT2D eigenvalue weighted by Crippen LogP contribution is -2.39. The maximum Gasteiger partial charge on any atom is 0.330 e. The van der Waals surface area contributed by atoms with E-state index >= 15 is 0 Å². The van der Waals surface area contributed by atoms with Crippen LogP contribution in [0.5, 0.6) is 0 Å². The van der Waals surface area contributed by atoms with Gasteiger partial charge in [-0.05, 0) is 0 Å². The third kappa shape index (κ3) is 2.59. The molecule has 1 aliphatic rings. The van der Waals surface area contributed by atoms with Gasteiger partial charge < -0.3 is 19.7 Å². The Kier molecular flexibility index (Phi) is 4.10. The third-order valence-corrected chi connectivity index (χ3v) is 2.87. The van der Waals surface area contributed by atoms with Gasteiger partial charge in [0.25, 0.3) is 5.56 Å². The summed E-state index contributed by atoms with van der Waals surface area (Å²) in [5, 5.41) is 18.8. The van der Waals surface area contributed by atoms with Gasteiger partial charge >= 0.3 is 5.69 Å². The van der Waals surface area contributed by atoms with E-state index in [1.54, 1.807) is 0 Å². The molecule has 0 aromatic carbocycles. The lowest BCUT2D eigenvalue weighted by Gasteiger charge is -2.20. The van der Waals surface area contributed by atoms with Gasteiger partial charge in [-0.3, -0.25) is 14.3 Å². The molecule has 0 aliphatic carbocycles. The Bertz CT molecular complexity index is 543. The first-order chi connectivity index (χ1) is 9.08. The number of hydrogen-bond acceptors (Lipinski definition) is 6. The highest BCUT2D eigenvalue weighted by atomic mass is 19.1. The number of aliphatic hydroxyl groups is 2. The Hall–Kier alpha value is -1.55. The lowest BCUT2D eigenvalue weighted by atomic mass is 10.1. The number of nitrogens with one attached hydrogen (secondary N) is 1. The van der Waals surface area contributed by atoms with E-state index in [2.05, 4.69) is 0 Å². The number of H-pyrrole nitrogens is 1. The monoisotopic (exact) mass is 276 g/mol. The molecule has 2 heterocycles. The summed E-state index contributed by atoms with van der Waals surface area (Å²) in [7, 11) is 0. The van der Waals surface area contributed by atoms with Gasteiger partial charge in [-0.25, -0.2) is 9.18 Å². The first-order valence-electron chi connectivity index (χ1n) is 5.52. The smallest absolute Gasteiger partial charge is 0.330 e. The molecule has 1 aromatic rings. The number of nitrogens with zero attached hydrogens (tertiary/aromatic N) is 1. The molecule has 0 amide bonds. The molecule has 1 aromatic heterocycles. The fourth-order valence-electron chi connectivity index (χ4n) is 1.97. The number of aromatic amines is 1. The van der Waals surface area contributed by atoms with E-state index in [1.807, 2.05) is 4.98 Å². The molecule has 0 unspecified atom stereocenters. The van der Waals surface area contributed by atoms with Crippen LogP contribution < -0.4 is 11.2 Å². The molecule has 106 valence electrons. The first-order valence-corrected chi connectivity index (χ1v) is 5.52. The van der Waals surface area contributed by atoms with Crippen molar-refractivity contribution in [3.63, 3.8) is 0 Å². The van der Waals surface area contributed by atoms with Crippen molar-refractivity contribution < 1.29 is 24.1 Å². The molecule has 1 fully saturated rings.